The Balaban J connectivity index is 2.68. The average Bonchev–Trinajstić information content (AvgIpc) is 2.22. The molecule has 0 spiro atoms. The molecule has 1 aromatic rings. The summed E-state index contributed by atoms with van der Waals surface area (Å²) in [7, 11) is 0. The Labute approximate surface area is 101 Å². The molecule has 1 nitrogen and oxygen atoms in total. The zero-order valence-corrected chi connectivity index (χ0v) is 10.3. The standard InChI is InChI=1S/C12H15Cl2N/c1-3-4-8-15-9(2)10-6-5-7-11(13)12(10)14/h3,5-7,9,15H,1,4,8H2,2H3. The zero-order chi connectivity index (χ0) is 11.3. The predicted molar refractivity (Wildman–Crippen MR) is 67.7 cm³/mol. The van der Waals surface area contributed by atoms with Gasteiger partial charge in [0.2, 0.25) is 0 Å². The smallest absolute Gasteiger partial charge is 0.0639 e. The van der Waals surface area contributed by atoms with Crippen LogP contribution in [0.3, 0.4) is 0 Å². The van der Waals surface area contributed by atoms with E-state index in [1.165, 1.54) is 0 Å². The van der Waals surface area contributed by atoms with Gasteiger partial charge < -0.3 is 5.32 Å². The molecule has 0 aromatic heterocycles. The molecule has 0 fully saturated rings. The summed E-state index contributed by atoms with van der Waals surface area (Å²) in [5.41, 5.74) is 1.04. The van der Waals surface area contributed by atoms with Gasteiger partial charge in [-0.3, -0.25) is 0 Å². The number of halogens is 2. The molecule has 1 rings (SSSR count). The SMILES string of the molecule is C=CCCNC(C)c1cccc(Cl)c1Cl. The summed E-state index contributed by atoms with van der Waals surface area (Å²) < 4.78 is 0. The fraction of sp³-hybridized carbons (Fsp3) is 0.333. The molecule has 0 saturated heterocycles. The Hall–Kier alpha value is -0.500. The van der Waals surface area contributed by atoms with Gasteiger partial charge in [0.1, 0.15) is 0 Å². The van der Waals surface area contributed by atoms with Gasteiger partial charge in [0, 0.05) is 6.04 Å². The topological polar surface area (TPSA) is 12.0 Å². The lowest BCUT2D eigenvalue weighted by molar-refractivity contribution is 0.581. The van der Waals surface area contributed by atoms with Crippen LogP contribution in [0.4, 0.5) is 0 Å². The first kappa shape index (κ1) is 12.6. The number of hydrogen-bond acceptors (Lipinski definition) is 1. The van der Waals surface area contributed by atoms with Gasteiger partial charge in [0.15, 0.2) is 0 Å². The molecule has 0 aliphatic heterocycles. The molecule has 0 bridgehead atoms. The fourth-order valence-electron chi connectivity index (χ4n) is 1.37. The lowest BCUT2D eigenvalue weighted by atomic mass is 10.1. The van der Waals surface area contributed by atoms with E-state index in [-0.39, 0.29) is 6.04 Å². The van der Waals surface area contributed by atoms with Crippen molar-refractivity contribution in [3.8, 4) is 0 Å². The lowest BCUT2D eigenvalue weighted by Gasteiger charge is -2.15. The van der Waals surface area contributed by atoms with Crippen LogP contribution in [0.1, 0.15) is 24.9 Å². The molecule has 0 saturated carbocycles. The molecule has 0 aliphatic carbocycles. The Morgan fingerprint density at radius 1 is 1.47 bits per heavy atom. The maximum Gasteiger partial charge on any atom is 0.0639 e. The quantitative estimate of drug-likeness (QED) is 0.604. The highest BCUT2D eigenvalue weighted by Crippen LogP contribution is 2.29. The molecule has 1 atom stereocenters. The minimum atomic E-state index is 0.205. The molecule has 15 heavy (non-hydrogen) atoms. The van der Waals surface area contributed by atoms with Crippen molar-refractivity contribution in [3.63, 3.8) is 0 Å². The summed E-state index contributed by atoms with van der Waals surface area (Å²) in [4.78, 5) is 0. The van der Waals surface area contributed by atoms with Crippen LogP contribution in [0, 0.1) is 0 Å². The number of nitrogens with one attached hydrogen (secondary N) is 1. The molecule has 1 unspecified atom stereocenters. The maximum atomic E-state index is 6.11. The van der Waals surface area contributed by atoms with Crippen LogP contribution in [-0.2, 0) is 0 Å². The van der Waals surface area contributed by atoms with E-state index < -0.39 is 0 Å². The van der Waals surface area contributed by atoms with Crippen molar-refractivity contribution in [2.75, 3.05) is 6.54 Å². The first-order valence-electron chi connectivity index (χ1n) is 4.95. The van der Waals surface area contributed by atoms with E-state index in [4.69, 9.17) is 23.2 Å². The van der Waals surface area contributed by atoms with Crippen molar-refractivity contribution in [1.29, 1.82) is 0 Å². The second-order valence-corrected chi connectivity index (χ2v) is 4.18. The monoisotopic (exact) mass is 243 g/mol. The van der Waals surface area contributed by atoms with E-state index in [0.29, 0.717) is 10.0 Å². The molecular weight excluding hydrogens is 229 g/mol. The van der Waals surface area contributed by atoms with Crippen LogP contribution < -0.4 is 5.32 Å². The first-order chi connectivity index (χ1) is 7.16. The van der Waals surface area contributed by atoms with E-state index in [9.17, 15) is 0 Å². The van der Waals surface area contributed by atoms with Gasteiger partial charge in [-0.15, -0.1) is 6.58 Å². The normalized spacial score (nSPS) is 12.5. The summed E-state index contributed by atoms with van der Waals surface area (Å²) >= 11 is 12.1. The van der Waals surface area contributed by atoms with Crippen molar-refractivity contribution in [2.45, 2.75) is 19.4 Å². The second kappa shape index (κ2) is 6.16. The average molecular weight is 244 g/mol. The highest BCUT2D eigenvalue weighted by atomic mass is 35.5. The van der Waals surface area contributed by atoms with Gasteiger partial charge >= 0.3 is 0 Å². The van der Waals surface area contributed by atoms with Crippen LogP contribution in [-0.4, -0.2) is 6.54 Å². The molecule has 0 amide bonds. The summed E-state index contributed by atoms with van der Waals surface area (Å²) in [6.45, 7) is 6.64. The van der Waals surface area contributed by atoms with E-state index in [2.05, 4.69) is 18.8 Å². The number of hydrogen-bond donors (Lipinski definition) is 1. The highest BCUT2D eigenvalue weighted by Gasteiger charge is 2.10. The minimum absolute atomic E-state index is 0.205. The molecule has 1 N–H and O–H groups in total. The number of rotatable bonds is 5. The molecule has 3 heteroatoms. The van der Waals surface area contributed by atoms with Crippen LogP contribution in [0.5, 0.6) is 0 Å². The van der Waals surface area contributed by atoms with Crippen LogP contribution in [0.25, 0.3) is 0 Å². The van der Waals surface area contributed by atoms with Crippen LogP contribution >= 0.6 is 23.2 Å². The van der Waals surface area contributed by atoms with Gasteiger partial charge in [0.05, 0.1) is 10.0 Å². The Morgan fingerprint density at radius 3 is 2.87 bits per heavy atom. The van der Waals surface area contributed by atoms with Gasteiger partial charge in [-0.05, 0) is 31.5 Å². The zero-order valence-electron chi connectivity index (χ0n) is 8.76. The number of benzene rings is 1. The molecule has 0 radical (unpaired) electrons. The third-order valence-electron chi connectivity index (χ3n) is 2.25. The fourth-order valence-corrected chi connectivity index (χ4v) is 1.84. The maximum absolute atomic E-state index is 6.11. The predicted octanol–water partition coefficient (Wildman–Crippen LogP) is 4.22. The minimum Gasteiger partial charge on any atom is -0.310 e. The Kier molecular flexibility index (Phi) is 5.16. The first-order valence-corrected chi connectivity index (χ1v) is 5.70. The van der Waals surface area contributed by atoms with Gasteiger partial charge in [0.25, 0.3) is 0 Å². The summed E-state index contributed by atoms with van der Waals surface area (Å²) in [5, 5.41) is 4.59. The summed E-state index contributed by atoms with van der Waals surface area (Å²) in [6.07, 6.45) is 2.84. The summed E-state index contributed by atoms with van der Waals surface area (Å²) in [5.74, 6) is 0. The van der Waals surface area contributed by atoms with Crippen molar-refractivity contribution >= 4 is 23.2 Å². The van der Waals surface area contributed by atoms with Crippen molar-refractivity contribution in [1.82, 2.24) is 5.32 Å². The van der Waals surface area contributed by atoms with E-state index >= 15 is 0 Å². The summed E-state index contributed by atoms with van der Waals surface area (Å²) in [6, 6.07) is 5.90. The molecule has 0 heterocycles. The van der Waals surface area contributed by atoms with Crippen LogP contribution in [0.2, 0.25) is 10.0 Å². The Bertz CT molecular complexity index is 336. The van der Waals surface area contributed by atoms with E-state index in [0.717, 1.165) is 18.5 Å². The molecule has 82 valence electrons. The van der Waals surface area contributed by atoms with E-state index in [1.54, 1.807) is 6.07 Å². The van der Waals surface area contributed by atoms with Gasteiger partial charge in [-0.25, -0.2) is 0 Å². The van der Waals surface area contributed by atoms with Crippen molar-refractivity contribution in [3.05, 3.63) is 46.5 Å². The van der Waals surface area contributed by atoms with Gasteiger partial charge in [-0.1, -0.05) is 41.4 Å². The molecular formula is C12H15Cl2N. The van der Waals surface area contributed by atoms with Gasteiger partial charge in [-0.2, -0.15) is 0 Å². The van der Waals surface area contributed by atoms with Crippen molar-refractivity contribution in [2.24, 2.45) is 0 Å². The lowest BCUT2D eigenvalue weighted by Crippen LogP contribution is -2.19. The third-order valence-corrected chi connectivity index (χ3v) is 3.08. The third kappa shape index (κ3) is 3.53. The van der Waals surface area contributed by atoms with E-state index in [1.807, 2.05) is 18.2 Å². The van der Waals surface area contributed by atoms with Crippen molar-refractivity contribution < 1.29 is 0 Å². The largest absolute Gasteiger partial charge is 0.310 e. The molecule has 0 aliphatic rings. The highest BCUT2D eigenvalue weighted by molar-refractivity contribution is 6.42. The Morgan fingerprint density at radius 2 is 2.20 bits per heavy atom. The second-order valence-electron chi connectivity index (χ2n) is 3.40. The molecule has 1 aromatic carbocycles. The van der Waals surface area contributed by atoms with Crippen LogP contribution in [0.15, 0.2) is 30.9 Å².